The quantitative estimate of drug-likeness (QED) is 0.288. The molecule has 0 radical (unpaired) electrons. The van der Waals surface area contributed by atoms with Gasteiger partial charge in [-0.05, 0) is 53.4 Å². The van der Waals surface area contributed by atoms with Crippen molar-refractivity contribution >= 4 is 16.9 Å². The largest absolute Gasteiger partial charge is 0.487 e. The van der Waals surface area contributed by atoms with E-state index in [1.165, 1.54) is 0 Å². The zero-order chi connectivity index (χ0) is 24.7. The summed E-state index contributed by atoms with van der Waals surface area (Å²) in [5, 5.41) is 10.8. The van der Waals surface area contributed by atoms with Crippen LogP contribution >= 0.6 is 0 Å². The number of carboxylic acid groups (broad SMARTS) is 1. The molecule has 4 nitrogen and oxygen atoms in total. The van der Waals surface area contributed by atoms with E-state index in [0.717, 1.165) is 27.6 Å². The highest BCUT2D eigenvalue weighted by Crippen LogP contribution is 2.30. The van der Waals surface area contributed by atoms with Crippen LogP contribution in [0.4, 0.5) is 0 Å². The summed E-state index contributed by atoms with van der Waals surface area (Å²) in [6.07, 6.45) is 0.450. The molecule has 36 heavy (non-hydrogen) atoms. The highest BCUT2D eigenvalue weighted by molar-refractivity contribution is 5.96. The third kappa shape index (κ3) is 5.27. The van der Waals surface area contributed by atoms with E-state index in [4.69, 9.17) is 4.74 Å². The van der Waals surface area contributed by atoms with Crippen LogP contribution in [0.15, 0.2) is 109 Å². The van der Waals surface area contributed by atoms with Gasteiger partial charge in [-0.25, -0.2) is 9.78 Å². The fourth-order valence-electron chi connectivity index (χ4n) is 4.03. The lowest BCUT2D eigenvalue weighted by molar-refractivity contribution is 0.0690. The van der Waals surface area contributed by atoms with E-state index in [0.29, 0.717) is 29.9 Å². The smallest absolute Gasteiger partial charge is 0.354 e. The van der Waals surface area contributed by atoms with Crippen molar-refractivity contribution in [2.75, 3.05) is 0 Å². The summed E-state index contributed by atoms with van der Waals surface area (Å²) >= 11 is 0. The molecule has 0 atom stereocenters. The van der Waals surface area contributed by atoms with Gasteiger partial charge in [0.15, 0.2) is 5.69 Å². The van der Waals surface area contributed by atoms with E-state index < -0.39 is 5.97 Å². The van der Waals surface area contributed by atoms with Gasteiger partial charge in [0.05, 0.1) is 0 Å². The molecule has 0 unspecified atom stereocenters. The Morgan fingerprint density at radius 2 is 1.42 bits per heavy atom. The lowest BCUT2D eigenvalue weighted by Gasteiger charge is -2.13. The summed E-state index contributed by atoms with van der Waals surface area (Å²) in [5.74, 6) is 5.90. The van der Waals surface area contributed by atoms with E-state index in [2.05, 4.69) is 16.8 Å². The van der Waals surface area contributed by atoms with Crippen LogP contribution in [0.3, 0.4) is 0 Å². The maximum absolute atomic E-state index is 12.2. The van der Waals surface area contributed by atoms with Gasteiger partial charge in [-0.3, -0.25) is 0 Å². The average Bonchev–Trinajstić information content (AvgIpc) is 2.92. The van der Waals surface area contributed by atoms with Crippen LogP contribution < -0.4 is 4.74 Å². The second-order valence-corrected chi connectivity index (χ2v) is 8.36. The maximum atomic E-state index is 12.2. The third-order valence-corrected chi connectivity index (χ3v) is 5.82. The molecule has 0 aliphatic heterocycles. The molecule has 0 aliphatic rings. The predicted molar refractivity (Wildman–Crippen MR) is 141 cm³/mol. The Morgan fingerprint density at radius 3 is 2.08 bits per heavy atom. The standard InChI is InChI=1S/C32H23NO3/c34-32(35)30-27(20-24-12-6-2-7-13-24)21-28-26(17-16-23-10-4-1-5-11-23)18-19-29(31(28)33-30)36-22-25-14-8-3-9-15-25/h1-15,18-19,21H,20,22H2,(H,34,35). The predicted octanol–water partition coefficient (Wildman–Crippen LogP) is 6.50. The van der Waals surface area contributed by atoms with Crippen molar-refractivity contribution in [1.82, 2.24) is 4.98 Å². The first-order chi connectivity index (χ1) is 17.7. The van der Waals surface area contributed by atoms with Gasteiger partial charge in [-0.1, -0.05) is 90.7 Å². The number of benzene rings is 4. The van der Waals surface area contributed by atoms with Gasteiger partial charge in [0.2, 0.25) is 0 Å². The first kappa shape index (κ1) is 22.9. The van der Waals surface area contributed by atoms with E-state index in [1.807, 2.05) is 109 Å². The van der Waals surface area contributed by atoms with Crippen LogP contribution in [0.1, 0.15) is 38.3 Å². The van der Waals surface area contributed by atoms with Gasteiger partial charge >= 0.3 is 5.97 Å². The van der Waals surface area contributed by atoms with Crippen molar-refractivity contribution in [3.05, 3.63) is 143 Å². The number of ether oxygens (including phenoxy) is 1. The first-order valence-electron chi connectivity index (χ1n) is 11.6. The van der Waals surface area contributed by atoms with E-state index in [-0.39, 0.29) is 5.69 Å². The van der Waals surface area contributed by atoms with Crippen LogP contribution in [-0.4, -0.2) is 16.1 Å². The highest BCUT2D eigenvalue weighted by atomic mass is 16.5. The van der Waals surface area contributed by atoms with E-state index >= 15 is 0 Å². The zero-order valence-electron chi connectivity index (χ0n) is 19.5. The van der Waals surface area contributed by atoms with Crippen LogP contribution in [0, 0.1) is 11.8 Å². The molecule has 5 rings (SSSR count). The molecule has 1 aromatic heterocycles. The van der Waals surface area contributed by atoms with Crippen LogP contribution in [-0.2, 0) is 13.0 Å². The zero-order valence-corrected chi connectivity index (χ0v) is 19.5. The Kier molecular flexibility index (Phi) is 6.73. The molecule has 0 saturated heterocycles. The van der Waals surface area contributed by atoms with Gasteiger partial charge in [-0.2, -0.15) is 0 Å². The summed E-state index contributed by atoms with van der Waals surface area (Å²) < 4.78 is 6.11. The fraction of sp³-hybridized carbons (Fsp3) is 0.0625. The Bertz CT molecular complexity index is 1570. The molecule has 174 valence electrons. The number of carboxylic acids is 1. The molecule has 0 fully saturated rings. The summed E-state index contributed by atoms with van der Waals surface area (Å²) in [7, 11) is 0. The fourth-order valence-corrected chi connectivity index (χ4v) is 4.03. The summed E-state index contributed by atoms with van der Waals surface area (Å²) in [6.45, 7) is 0.348. The molecular weight excluding hydrogens is 446 g/mol. The molecule has 0 bridgehead atoms. The Labute approximate surface area is 209 Å². The number of fused-ring (bicyclic) bond motifs is 1. The Hall–Kier alpha value is -4.88. The van der Waals surface area contributed by atoms with Crippen LogP contribution in [0.2, 0.25) is 0 Å². The third-order valence-electron chi connectivity index (χ3n) is 5.82. The summed E-state index contributed by atoms with van der Waals surface area (Å²) in [6, 6.07) is 35.0. The lowest BCUT2D eigenvalue weighted by atomic mass is 9.98. The van der Waals surface area contributed by atoms with Crippen LogP contribution in [0.25, 0.3) is 10.9 Å². The number of hydrogen-bond acceptors (Lipinski definition) is 3. The molecule has 0 spiro atoms. The van der Waals surface area contributed by atoms with E-state index in [9.17, 15) is 9.90 Å². The molecule has 5 aromatic rings. The molecule has 4 heteroatoms. The molecule has 0 aliphatic carbocycles. The topological polar surface area (TPSA) is 59.4 Å². The molecular formula is C32H23NO3. The Morgan fingerprint density at radius 1 is 0.778 bits per heavy atom. The normalized spacial score (nSPS) is 10.4. The van der Waals surface area contributed by atoms with Gasteiger partial charge in [0.25, 0.3) is 0 Å². The van der Waals surface area contributed by atoms with Crippen molar-refractivity contribution in [2.45, 2.75) is 13.0 Å². The molecule has 0 saturated carbocycles. The SMILES string of the molecule is O=C(O)c1nc2c(OCc3ccccc3)ccc(C#Cc3ccccc3)c2cc1Cc1ccccc1. The van der Waals surface area contributed by atoms with E-state index in [1.54, 1.807) is 0 Å². The number of carbonyl (C=O) groups is 1. The van der Waals surface area contributed by atoms with Crippen LogP contribution in [0.5, 0.6) is 5.75 Å². The number of nitrogens with zero attached hydrogens (tertiary/aromatic N) is 1. The minimum atomic E-state index is -1.07. The average molecular weight is 470 g/mol. The highest BCUT2D eigenvalue weighted by Gasteiger charge is 2.18. The monoisotopic (exact) mass is 469 g/mol. The molecule has 0 amide bonds. The van der Waals surface area contributed by atoms with Gasteiger partial charge in [0.1, 0.15) is 17.9 Å². The number of aromatic carboxylic acids is 1. The molecule has 4 aromatic carbocycles. The Balaban J connectivity index is 1.63. The van der Waals surface area contributed by atoms with Crippen molar-refractivity contribution in [3.63, 3.8) is 0 Å². The molecule has 1 heterocycles. The van der Waals surface area contributed by atoms with Crippen molar-refractivity contribution in [2.24, 2.45) is 0 Å². The van der Waals surface area contributed by atoms with Crippen molar-refractivity contribution in [1.29, 1.82) is 0 Å². The van der Waals surface area contributed by atoms with Gasteiger partial charge in [-0.15, -0.1) is 0 Å². The summed E-state index contributed by atoms with van der Waals surface area (Å²) in [5.41, 5.74) is 4.81. The molecule has 1 N–H and O–H groups in total. The number of pyridine rings is 1. The second-order valence-electron chi connectivity index (χ2n) is 8.36. The minimum absolute atomic E-state index is 0.0177. The number of hydrogen-bond donors (Lipinski definition) is 1. The minimum Gasteiger partial charge on any atom is -0.487 e. The number of rotatable bonds is 6. The lowest BCUT2D eigenvalue weighted by Crippen LogP contribution is -2.08. The van der Waals surface area contributed by atoms with Crippen molar-refractivity contribution < 1.29 is 14.6 Å². The van der Waals surface area contributed by atoms with Gasteiger partial charge in [0, 0.05) is 16.5 Å². The first-order valence-corrected chi connectivity index (χ1v) is 11.6. The van der Waals surface area contributed by atoms with Gasteiger partial charge < -0.3 is 9.84 Å². The number of aromatic nitrogens is 1. The summed E-state index contributed by atoms with van der Waals surface area (Å²) in [4.78, 5) is 16.8. The maximum Gasteiger partial charge on any atom is 0.354 e. The second kappa shape index (κ2) is 10.6. The van der Waals surface area contributed by atoms with Crippen molar-refractivity contribution in [3.8, 4) is 17.6 Å².